The van der Waals surface area contributed by atoms with Crippen LogP contribution >= 0.6 is 0 Å². The van der Waals surface area contributed by atoms with Crippen LogP contribution in [0.4, 0.5) is 18.9 Å². The SMILES string of the molecule is CCOc1ccccc1N1CC[NH+](Cc2cccc(C(F)(F)F)c2)CC1. The molecule has 0 amide bonds. The normalized spacial score (nSPS) is 15.9. The molecule has 1 N–H and O–H groups in total. The lowest BCUT2D eigenvalue weighted by Crippen LogP contribution is -3.13. The first kappa shape index (κ1) is 18.6. The maximum atomic E-state index is 12.9. The second kappa shape index (κ2) is 7.99. The summed E-state index contributed by atoms with van der Waals surface area (Å²) in [4.78, 5) is 3.59. The van der Waals surface area contributed by atoms with E-state index < -0.39 is 11.7 Å². The Kier molecular flexibility index (Phi) is 5.71. The fraction of sp³-hybridized carbons (Fsp3) is 0.400. The van der Waals surface area contributed by atoms with Crippen LogP contribution in [0, 0.1) is 0 Å². The lowest BCUT2D eigenvalue weighted by molar-refractivity contribution is -0.914. The van der Waals surface area contributed by atoms with Crippen LogP contribution in [0.5, 0.6) is 5.75 Å². The van der Waals surface area contributed by atoms with Gasteiger partial charge in [0.1, 0.15) is 12.3 Å². The Morgan fingerprint density at radius 3 is 2.46 bits per heavy atom. The van der Waals surface area contributed by atoms with Gasteiger partial charge in [-0.05, 0) is 31.2 Å². The number of ether oxygens (including phenoxy) is 1. The van der Waals surface area contributed by atoms with Gasteiger partial charge < -0.3 is 14.5 Å². The number of piperazine rings is 1. The van der Waals surface area contributed by atoms with Gasteiger partial charge in [0.15, 0.2) is 0 Å². The van der Waals surface area contributed by atoms with E-state index in [1.54, 1.807) is 6.07 Å². The van der Waals surface area contributed by atoms with E-state index in [0.717, 1.165) is 49.2 Å². The number of rotatable bonds is 5. The van der Waals surface area contributed by atoms with Crippen LogP contribution in [0.25, 0.3) is 0 Å². The molecule has 1 saturated heterocycles. The van der Waals surface area contributed by atoms with Crippen LogP contribution in [-0.4, -0.2) is 32.8 Å². The zero-order valence-corrected chi connectivity index (χ0v) is 14.9. The molecule has 6 heteroatoms. The van der Waals surface area contributed by atoms with Gasteiger partial charge in [-0.1, -0.05) is 24.3 Å². The highest BCUT2D eigenvalue weighted by molar-refractivity contribution is 5.58. The zero-order chi connectivity index (χ0) is 18.6. The van der Waals surface area contributed by atoms with Crippen molar-refractivity contribution in [1.29, 1.82) is 0 Å². The van der Waals surface area contributed by atoms with E-state index >= 15 is 0 Å². The molecule has 2 aromatic carbocycles. The molecule has 140 valence electrons. The van der Waals surface area contributed by atoms with Crippen molar-refractivity contribution in [3.05, 3.63) is 59.7 Å². The number of anilines is 1. The Bertz CT molecular complexity index is 725. The van der Waals surface area contributed by atoms with E-state index in [4.69, 9.17) is 4.74 Å². The largest absolute Gasteiger partial charge is 0.492 e. The fourth-order valence-electron chi connectivity index (χ4n) is 3.38. The third kappa shape index (κ3) is 4.49. The lowest BCUT2D eigenvalue weighted by atomic mass is 10.1. The molecule has 0 bridgehead atoms. The number of quaternary nitrogens is 1. The predicted molar refractivity (Wildman–Crippen MR) is 95.7 cm³/mol. The van der Waals surface area contributed by atoms with Crippen molar-refractivity contribution in [3.8, 4) is 5.75 Å². The van der Waals surface area contributed by atoms with Crippen LogP contribution in [0.3, 0.4) is 0 Å². The minimum atomic E-state index is -4.28. The van der Waals surface area contributed by atoms with E-state index in [0.29, 0.717) is 13.2 Å². The molecule has 0 atom stereocenters. The molecule has 0 radical (unpaired) electrons. The van der Waals surface area contributed by atoms with Crippen molar-refractivity contribution in [1.82, 2.24) is 0 Å². The highest BCUT2D eigenvalue weighted by Crippen LogP contribution is 2.30. The minimum absolute atomic E-state index is 0.571. The van der Waals surface area contributed by atoms with E-state index in [-0.39, 0.29) is 0 Å². The molecule has 0 unspecified atom stereocenters. The first-order valence-corrected chi connectivity index (χ1v) is 8.94. The molecule has 2 aromatic rings. The zero-order valence-electron chi connectivity index (χ0n) is 14.9. The second-order valence-corrected chi connectivity index (χ2v) is 6.51. The van der Waals surface area contributed by atoms with E-state index in [1.165, 1.54) is 17.0 Å². The van der Waals surface area contributed by atoms with Gasteiger partial charge in [-0.15, -0.1) is 0 Å². The van der Waals surface area contributed by atoms with Gasteiger partial charge in [-0.25, -0.2) is 0 Å². The molecular formula is C20H24F3N2O+. The molecule has 3 nitrogen and oxygen atoms in total. The molecule has 0 spiro atoms. The van der Waals surface area contributed by atoms with Crippen molar-refractivity contribution < 1.29 is 22.8 Å². The number of nitrogens with zero attached hydrogens (tertiary/aromatic N) is 1. The topological polar surface area (TPSA) is 16.9 Å². The van der Waals surface area contributed by atoms with Crippen LogP contribution in [0.1, 0.15) is 18.1 Å². The Morgan fingerprint density at radius 1 is 1.04 bits per heavy atom. The van der Waals surface area contributed by atoms with Crippen molar-refractivity contribution in [2.75, 3.05) is 37.7 Å². The summed E-state index contributed by atoms with van der Waals surface area (Å²) in [5.41, 5.74) is 1.25. The van der Waals surface area contributed by atoms with Gasteiger partial charge >= 0.3 is 6.18 Å². The average Bonchev–Trinajstić information content (AvgIpc) is 2.63. The molecule has 3 rings (SSSR count). The number of benzene rings is 2. The smallest absolute Gasteiger partial charge is 0.416 e. The number of nitrogens with one attached hydrogen (secondary N) is 1. The average molecular weight is 365 g/mol. The summed E-state index contributed by atoms with van der Waals surface area (Å²) in [6.07, 6.45) is -4.28. The monoisotopic (exact) mass is 365 g/mol. The molecule has 0 saturated carbocycles. The summed E-state index contributed by atoms with van der Waals surface area (Å²) in [7, 11) is 0. The highest BCUT2D eigenvalue weighted by Gasteiger charge is 2.31. The number of para-hydroxylation sites is 2. The molecule has 1 fully saturated rings. The maximum Gasteiger partial charge on any atom is 0.416 e. The predicted octanol–water partition coefficient (Wildman–Crippen LogP) is 3.01. The van der Waals surface area contributed by atoms with Crippen LogP contribution in [-0.2, 0) is 12.7 Å². The molecule has 1 aliphatic rings. The van der Waals surface area contributed by atoms with Gasteiger partial charge in [0.2, 0.25) is 0 Å². The summed E-state index contributed by atoms with van der Waals surface area (Å²) in [6.45, 7) is 6.70. The summed E-state index contributed by atoms with van der Waals surface area (Å²) in [5, 5.41) is 0. The summed E-state index contributed by atoms with van der Waals surface area (Å²) in [6, 6.07) is 13.7. The number of hydrogen-bond acceptors (Lipinski definition) is 2. The highest BCUT2D eigenvalue weighted by atomic mass is 19.4. The van der Waals surface area contributed by atoms with Gasteiger partial charge in [0.25, 0.3) is 0 Å². The quantitative estimate of drug-likeness (QED) is 0.877. The summed E-state index contributed by atoms with van der Waals surface area (Å²) in [5.74, 6) is 0.885. The first-order chi connectivity index (χ1) is 12.5. The van der Waals surface area contributed by atoms with Gasteiger partial charge in [0.05, 0.1) is 44.0 Å². The molecule has 0 aliphatic carbocycles. The van der Waals surface area contributed by atoms with Crippen LogP contribution < -0.4 is 14.5 Å². The van der Waals surface area contributed by atoms with E-state index in [9.17, 15) is 13.2 Å². The second-order valence-electron chi connectivity index (χ2n) is 6.51. The van der Waals surface area contributed by atoms with Crippen molar-refractivity contribution in [2.24, 2.45) is 0 Å². The van der Waals surface area contributed by atoms with E-state index in [2.05, 4.69) is 11.0 Å². The van der Waals surface area contributed by atoms with Gasteiger partial charge in [0, 0.05) is 5.56 Å². The van der Waals surface area contributed by atoms with E-state index in [1.807, 2.05) is 25.1 Å². The Morgan fingerprint density at radius 2 is 1.77 bits per heavy atom. The minimum Gasteiger partial charge on any atom is -0.492 e. The first-order valence-electron chi connectivity index (χ1n) is 8.94. The molecule has 1 heterocycles. The van der Waals surface area contributed by atoms with Gasteiger partial charge in [-0.2, -0.15) is 13.2 Å². The summed E-state index contributed by atoms with van der Waals surface area (Å²) >= 11 is 0. The van der Waals surface area contributed by atoms with Crippen LogP contribution in [0.15, 0.2) is 48.5 Å². The van der Waals surface area contributed by atoms with Crippen molar-refractivity contribution in [3.63, 3.8) is 0 Å². The molecule has 26 heavy (non-hydrogen) atoms. The number of alkyl halides is 3. The third-order valence-corrected chi connectivity index (χ3v) is 4.68. The Labute approximate surface area is 152 Å². The van der Waals surface area contributed by atoms with Crippen molar-refractivity contribution >= 4 is 5.69 Å². The van der Waals surface area contributed by atoms with Crippen LogP contribution in [0.2, 0.25) is 0 Å². The lowest BCUT2D eigenvalue weighted by Gasteiger charge is -2.34. The Hall–Kier alpha value is -2.21. The molecule has 1 aliphatic heterocycles. The number of hydrogen-bond donors (Lipinski definition) is 1. The maximum absolute atomic E-state index is 12.9. The summed E-state index contributed by atoms with van der Waals surface area (Å²) < 4.78 is 44.3. The standard InChI is InChI=1S/C20H23F3N2O/c1-2-26-19-9-4-3-8-18(19)25-12-10-24(11-13-25)15-16-6-5-7-17(14-16)20(21,22)23/h3-9,14H,2,10-13,15H2,1H3/p+1. The molecular weight excluding hydrogens is 341 g/mol. The Balaban J connectivity index is 1.61. The third-order valence-electron chi connectivity index (χ3n) is 4.68. The van der Waals surface area contributed by atoms with Crippen molar-refractivity contribution in [2.45, 2.75) is 19.6 Å². The fourth-order valence-corrected chi connectivity index (χ4v) is 3.38. The number of halogens is 3. The molecule has 0 aromatic heterocycles. The van der Waals surface area contributed by atoms with Gasteiger partial charge in [-0.3, -0.25) is 0 Å².